The van der Waals surface area contributed by atoms with Gasteiger partial charge in [0.15, 0.2) is 0 Å². The highest BCUT2D eigenvalue weighted by Gasteiger charge is 2.37. The number of alkyl halides is 2. The number of rotatable bonds is 2. The molecule has 2 nitrogen and oxygen atoms in total. The molecule has 0 radical (unpaired) electrons. The summed E-state index contributed by atoms with van der Waals surface area (Å²) in [6, 6.07) is 0. The second-order valence-corrected chi connectivity index (χ2v) is 2.51. The average Bonchev–Trinajstić information content (AvgIpc) is 2.12. The zero-order chi connectivity index (χ0) is 7.61. The van der Waals surface area contributed by atoms with Crippen LogP contribution in [0.15, 0.2) is 0 Å². The first-order valence-electron chi connectivity index (χ1n) is 3.18. The lowest BCUT2D eigenvalue weighted by molar-refractivity contribution is -0.108. The van der Waals surface area contributed by atoms with Crippen LogP contribution in [-0.4, -0.2) is 36.7 Å². The van der Waals surface area contributed by atoms with Gasteiger partial charge < -0.3 is 4.79 Å². The molecule has 1 aliphatic rings. The largest absolute Gasteiger partial charge is 0.302 e. The Hall–Kier alpha value is -0.510. The Balaban J connectivity index is 2.35. The van der Waals surface area contributed by atoms with Crippen LogP contribution in [0.2, 0.25) is 0 Å². The normalized spacial score (nSPS) is 25.0. The summed E-state index contributed by atoms with van der Waals surface area (Å²) in [4.78, 5) is 11.3. The summed E-state index contributed by atoms with van der Waals surface area (Å²) >= 11 is 0. The van der Waals surface area contributed by atoms with Gasteiger partial charge in [-0.2, -0.15) is 0 Å². The van der Waals surface area contributed by atoms with E-state index in [1.807, 2.05) is 0 Å². The van der Waals surface area contributed by atoms with Crippen molar-refractivity contribution in [3.63, 3.8) is 0 Å². The van der Waals surface area contributed by atoms with E-state index < -0.39 is 5.92 Å². The third-order valence-electron chi connectivity index (χ3n) is 1.58. The standard InChI is InChI=1S/C6H9F2NO/c7-6(8)1-2-9(5-6)3-4-10/h4H,1-3,5H2. The van der Waals surface area contributed by atoms with Crippen molar-refractivity contribution < 1.29 is 13.6 Å². The molecule has 0 aromatic carbocycles. The maximum atomic E-state index is 12.4. The number of carbonyl (C=O) groups is 1. The van der Waals surface area contributed by atoms with Crippen molar-refractivity contribution in [2.75, 3.05) is 19.6 Å². The van der Waals surface area contributed by atoms with Crippen molar-refractivity contribution in [1.82, 2.24) is 4.90 Å². The topological polar surface area (TPSA) is 20.3 Å². The van der Waals surface area contributed by atoms with E-state index in [0.29, 0.717) is 12.8 Å². The van der Waals surface area contributed by atoms with E-state index in [1.54, 1.807) is 0 Å². The Morgan fingerprint density at radius 1 is 1.60 bits per heavy atom. The maximum absolute atomic E-state index is 12.4. The van der Waals surface area contributed by atoms with Crippen LogP contribution in [0.25, 0.3) is 0 Å². The van der Waals surface area contributed by atoms with Crippen LogP contribution in [0.3, 0.4) is 0 Å². The maximum Gasteiger partial charge on any atom is 0.261 e. The second kappa shape index (κ2) is 2.62. The van der Waals surface area contributed by atoms with Crippen molar-refractivity contribution in [2.24, 2.45) is 0 Å². The number of likely N-dealkylation sites (tertiary alicyclic amines) is 1. The molecule has 0 aliphatic carbocycles. The second-order valence-electron chi connectivity index (χ2n) is 2.51. The van der Waals surface area contributed by atoms with E-state index in [9.17, 15) is 13.6 Å². The van der Waals surface area contributed by atoms with E-state index in [4.69, 9.17) is 0 Å². The number of hydrogen-bond donors (Lipinski definition) is 0. The molecule has 1 aliphatic heterocycles. The highest BCUT2D eigenvalue weighted by atomic mass is 19.3. The Morgan fingerprint density at radius 3 is 2.70 bits per heavy atom. The molecular weight excluding hydrogens is 140 g/mol. The molecule has 1 rings (SSSR count). The molecule has 0 unspecified atom stereocenters. The molecule has 4 heteroatoms. The lowest BCUT2D eigenvalue weighted by atomic mass is 10.3. The van der Waals surface area contributed by atoms with Gasteiger partial charge in [0.25, 0.3) is 5.92 Å². The van der Waals surface area contributed by atoms with Crippen molar-refractivity contribution in [3.05, 3.63) is 0 Å². The SMILES string of the molecule is O=CCN1CCC(F)(F)C1. The molecule has 0 amide bonds. The van der Waals surface area contributed by atoms with E-state index >= 15 is 0 Å². The van der Waals surface area contributed by atoms with E-state index in [0.717, 1.165) is 0 Å². The molecule has 1 saturated heterocycles. The van der Waals surface area contributed by atoms with Gasteiger partial charge in [-0.1, -0.05) is 0 Å². The first kappa shape index (κ1) is 7.60. The molecule has 1 heterocycles. The first-order valence-corrected chi connectivity index (χ1v) is 3.18. The number of nitrogens with zero attached hydrogens (tertiary/aromatic N) is 1. The van der Waals surface area contributed by atoms with Gasteiger partial charge in [0, 0.05) is 13.0 Å². The quantitative estimate of drug-likeness (QED) is 0.534. The van der Waals surface area contributed by atoms with Crippen LogP contribution in [0, 0.1) is 0 Å². The van der Waals surface area contributed by atoms with E-state index in [1.165, 1.54) is 4.90 Å². The smallest absolute Gasteiger partial charge is 0.261 e. The zero-order valence-corrected chi connectivity index (χ0v) is 5.52. The minimum absolute atomic E-state index is 0.110. The van der Waals surface area contributed by atoms with Crippen LogP contribution >= 0.6 is 0 Å². The van der Waals surface area contributed by atoms with Crippen molar-refractivity contribution in [2.45, 2.75) is 12.3 Å². The summed E-state index contributed by atoms with van der Waals surface area (Å²) in [5.74, 6) is -2.57. The predicted octanol–water partition coefficient (Wildman–Crippen LogP) is 0.526. The Kier molecular flexibility index (Phi) is 1.99. The average molecular weight is 149 g/mol. The Labute approximate surface area is 57.8 Å². The number of halogens is 2. The summed E-state index contributed by atoms with van der Waals surface area (Å²) in [5.41, 5.74) is 0. The minimum atomic E-state index is -2.57. The third kappa shape index (κ3) is 1.73. The van der Waals surface area contributed by atoms with E-state index in [-0.39, 0.29) is 19.5 Å². The molecule has 10 heavy (non-hydrogen) atoms. The fraction of sp³-hybridized carbons (Fsp3) is 0.833. The van der Waals surface area contributed by atoms with Gasteiger partial charge in [-0.25, -0.2) is 8.78 Å². The lowest BCUT2D eigenvalue weighted by Gasteiger charge is -2.10. The summed E-state index contributed by atoms with van der Waals surface area (Å²) in [6.45, 7) is 0.215. The van der Waals surface area contributed by atoms with Gasteiger partial charge in [0.05, 0.1) is 13.1 Å². The van der Waals surface area contributed by atoms with Gasteiger partial charge in [0.2, 0.25) is 0 Å². The molecule has 0 atom stereocenters. The Morgan fingerprint density at radius 2 is 2.30 bits per heavy atom. The molecular formula is C6H9F2NO. The molecule has 0 N–H and O–H groups in total. The monoisotopic (exact) mass is 149 g/mol. The number of aldehydes is 1. The third-order valence-corrected chi connectivity index (χ3v) is 1.58. The summed E-state index contributed by atoms with van der Waals surface area (Å²) in [5, 5.41) is 0. The van der Waals surface area contributed by atoms with Gasteiger partial charge >= 0.3 is 0 Å². The molecule has 0 saturated carbocycles. The van der Waals surface area contributed by atoms with Crippen molar-refractivity contribution in [1.29, 1.82) is 0 Å². The molecule has 58 valence electrons. The first-order chi connectivity index (χ1) is 4.64. The molecule has 0 aromatic heterocycles. The number of carbonyl (C=O) groups excluding carboxylic acids is 1. The molecule has 0 bridgehead atoms. The summed E-state index contributed by atoms with van der Waals surface area (Å²) in [7, 11) is 0. The van der Waals surface area contributed by atoms with Gasteiger partial charge in [-0.3, -0.25) is 4.90 Å². The van der Waals surface area contributed by atoms with Gasteiger partial charge in [-0.15, -0.1) is 0 Å². The Bertz CT molecular complexity index is 138. The van der Waals surface area contributed by atoms with Gasteiger partial charge in [-0.05, 0) is 0 Å². The summed E-state index contributed by atoms with van der Waals surface area (Å²) < 4.78 is 24.7. The van der Waals surface area contributed by atoms with Crippen LogP contribution in [0.5, 0.6) is 0 Å². The molecule has 0 spiro atoms. The predicted molar refractivity (Wildman–Crippen MR) is 32.1 cm³/mol. The fourth-order valence-electron chi connectivity index (χ4n) is 1.07. The highest BCUT2D eigenvalue weighted by molar-refractivity contribution is 5.52. The highest BCUT2D eigenvalue weighted by Crippen LogP contribution is 2.25. The molecule has 1 fully saturated rings. The van der Waals surface area contributed by atoms with Gasteiger partial charge in [0.1, 0.15) is 6.29 Å². The van der Waals surface area contributed by atoms with Crippen LogP contribution < -0.4 is 0 Å². The van der Waals surface area contributed by atoms with Crippen molar-refractivity contribution in [3.8, 4) is 0 Å². The van der Waals surface area contributed by atoms with E-state index in [2.05, 4.69) is 0 Å². The fourth-order valence-corrected chi connectivity index (χ4v) is 1.07. The molecule has 0 aromatic rings. The zero-order valence-electron chi connectivity index (χ0n) is 5.52. The lowest BCUT2D eigenvalue weighted by Crippen LogP contribution is -2.26. The minimum Gasteiger partial charge on any atom is -0.302 e. The summed E-state index contributed by atoms with van der Waals surface area (Å²) in [6.07, 6.45) is 0.544. The van der Waals surface area contributed by atoms with Crippen LogP contribution in [0.4, 0.5) is 8.78 Å². The van der Waals surface area contributed by atoms with Crippen LogP contribution in [-0.2, 0) is 4.79 Å². The van der Waals surface area contributed by atoms with Crippen LogP contribution in [0.1, 0.15) is 6.42 Å². The number of hydrogen-bond acceptors (Lipinski definition) is 2. The van der Waals surface area contributed by atoms with Crippen molar-refractivity contribution >= 4 is 6.29 Å².